The number of unbranched alkanes of at least 4 members (excludes halogenated alkanes) is 40. The summed E-state index contributed by atoms with van der Waals surface area (Å²) in [6.45, 7) is 6.64. The van der Waals surface area contributed by atoms with Crippen LogP contribution in [0.2, 0.25) is 0 Å². The lowest BCUT2D eigenvalue weighted by Gasteiger charge is -2.18. The molecule has 0 aromatic carbocycles. The number of hydrogen-bond acceptors (Lipinski definition) is 6. The molecule has 6 nitrogen and oxygen atoms in total. The molecule has 0 fully saturated rings. The summed E-state index contributed by atoms with van der Waals surface area (Å²) >= 11 is 0. The van der Waals surface area contributed by atoms with Crippen molar-refractivity contribution >= 4 is 17.9 Å². The van der Waals surface area contributed by atoms with Gasteiger partial charge in [0.1, 0.15) is 13.2 Å². The molecule has 0 rings (SSSR count). The van der Waals surface area contributed by atoms with Crippen LogP contribution in [0.15, 0.2) is 24.3 Å². The van der Waals surface area contributed by atoms with Crippen molar-refractivity contribution in [1.82, 2.24) is 0 Å². The Balaban J connectivity index is 4.25. The predicted octanol–water partition coefficient (Wildman–Crippen LogP) is 19.9. The molecule has 1 atom stereocenters. The van der Waals surface area contributed by atoms with E-state index in [4.69, 9.17) is 14.2 Å². The second kappa shape index (κ2) is 56.5. The Labute approximate surface area is 417 Å². The lowest BCUT2D eigenvalue weighted by atomic mass is 10.0. The summed E-state index contributed by atoms with van der Waals surface area (Å²) < 4.78 is 16.9. The van der Waals surface area contributed by atoms with Gasteiger partial charge in [-0.2, -0.15) is 0 Å². The maximum absolute atomic E-state index is 12.8. The Morgan fingerprint density at radius 3 is 0.791 bits per heavy atom. The Hall–Kier alpha value is -2.11. The van der Waals surface area contributed by atoms with Crippen molar-refractivity contribution in [2.75, 3.05) is 13.2 Å². The summed E-state index contributed by atoms with van der Waals surface area (Å²) in [5, 5.41) is 0. The zero-order chi connectivity index (χ0) is 48.6. The van der Waals surface area contributed by atoms with E-state index in [1.807, 2.05) is 0 Å². The highest BCUT2D eigenvalue weighted by atomic mass is 16.6. The van der Waals surface area contributed by atoms with Gasteiger partial charge in [0.15, 0.2) is 6.10 Å². The highest BCUT2D eigenvalue weighted by Crippen LogP contribution is 2.17. The molecule has 0 amide bonds. The normalized spacial score (nSPS) is 12.1. The van der Waals surface area contributed by atoms with Crippen LogP contribution in [0.25, 0.3) is 0 Å². The minimum atomic E-state index is -0.773. The van der Waals surface area contributed by atoms with Crippen LogP contribution in [-0.4, -0.2) is 37.2 Å². The number of allylic oxidation sites excluding steroid dienone is 4. The van der Waals surface area contributed by atoms with E-state index in [-0.39, 0.29) is 31.1 Å². The van der Waals surface area contributed by atoms with Crippen LogP contribution in [0.5, 0.6) is 0 Å². The molecule has 0 heterocycles. The van der Waals surface area contributed by atoms with E-state index in [9.17, 15) is 14.4 Å². The van der Waals surface area contributed by atoms with Gasteiger partial charge < -0.3 is 14.2 Å². The first-order valence-corrected chi connectivity index (χ1v) is 29.8. The molecule has 6 heteroatoms. The van der Waals surface area contributed by atoms with Gasteiger partial charge in [-0.3, -0.25) is 14.4 Å². The fourth-order valence-electron chi connectivity index (χ4n) is 8.89. The van der Waals surface area contributed by atoms with Crippen LogP contribution in [-0.2, 0) is 28.6 Å². The van der Waals surface area contributed by atoms with E-state index in [2.05, 4.69) is 45.1 Å². The number of esters is 3. The third-order valence-electron chi connectivity index (χ3n) is 13.4. The third-order valence-corrected chi connectivity index (χ3v) is 13.4. The second-order valence-electron chi connectivity index (χ2n) is 20.3. The van der Waals surface area contributed by atoms with E-state index in [0.717, 1.165) is 64.2 Å². The fourth-order valence-corrected chi connectivity index (χ4v) is 8.89. The van der Waals surface area contributed by atoms with Gasteiger partial charge in [0.05, 0.1) is 0 Å². The first kappa shape index (κ1) is 64.9. The molecule has 0 aliphatic heterocycles. The fraction of sp³-hybridized carbons (Fsp3) is 0.885. The number of rotatable bonds is 55. The van der Waals surface area contributed by atoms with Gasteiger partial charge in [-0.15, -0.1) is 0 Å². The maximum atomic E-state index is 12.8. The molecule has 0 spiro atoms. The minimum Gasteiger partial charge on any atom is -0.462 e. The van der Waals surface area contributed by atoms with Gasteiger partial charge in [-0.25, -0.2) is 0 Å². The van der Waals surface area contributed by atoms with E-state index in [1.54, 1.807) is 0 Å². The predicted molar refractivity (Wildman–Crippen MR) is 289 cm³/mol. The largest absolute Gasteiger partial charge is 0.462 e. The summed E-state index contributed by atoms with van der Waals surface area (Å²) in [6.07, 6.45) is 66.1. The standard InChI is InChI=1S/C61H114O6/c1-4-7-10-13-16-19-22-24-26-28-29-30-31-33-34-36-39-42-45-48-51-54-60(63)66-57-58(56-65-59(62)53-50-47-44-41-38-21-18-15-12-9-6-3)67-61(64)55-52-49-46-43-40-37-35-32-27-25-23-20-17-14-11-8-5-2/h15,18,25,27,58H,4-14,16-17,19-24,26,28-57H2,1-3H3/b18-15-,27-25-/t58-/m1/s1. The van der Waals surface area contributed by atoms with Crippen LogP contribution in [0.4, 0.5) is 0 Å². The zero-order valence-corrected chi connectivity index (χ0v) is 45.2. The van der Waals surface area contributed by atoms with Crippen LogP contribution in [0.3, 0.4) is 0 Å². The topological polar surface area (TPSA) is 78.9 Å². The van der Waals surface area contributed by atoms with Gasteiger partial charge in [0.25, 0.3) is 0 Å². The van der Waals surface area contributed by atoms with E-state index < -0.39 is 6.10 Å². The van der Waals surface area contributed by atoms with Gasteiger partial charge in [-0.05, 0) is 64.2 Å². The maximum Gasteiger partial charge on any atom is 0.306 e. The van der Waals surface area contributed by atoms with Crippen LogP contribution in [0, 0.1) is 0 Å². The molecule has 0 aliphatic rings. The van der Waals surface area contributed by atoms with Crippen molar-refractivity contribution in [3.8, 4) is 0 Å². The Bertz CT molecular complexity index is 1080. The zero-order valence-electron chi connectivity index (χ0n) is 45.2. The van der Waals surface area contributed by atoms with Gasteiger partial charge >= 0.3 is 17.9 Å². The first-order valence-electron chi connectivity index (χ1n) is 29.8. The van der Waals surface area contributed by atoms with Crippen molar-refractivity contribution in [2.24, 2.45) is 0 Å². The van der Waals surface area contributed by atoms with Crippen molar-refractivity contribution in [2.45, 2.75) is 335 Å². The van der Waals surface area contributed by atoms with E-state index in [0.29, 0.717) is 19.3 Å². The molecule has 0 N–H and O–H groups in total. The smallest absolute Gasteiger partial charge is 0.306 e. The monoisotopic (exact) mass is 943 g/mol. The minimum absolute atomic E-state index is 0.0712. The number of carbonyl (C=O) groups excluding carboxylic acids is 3. The summed E-state index contributed by atoms with van der Waals surface area (Å²) in [5.41, 5.74) is 0. The molecular formula is C61H114O6. The van der Waals surface area contributed by atoms with Crippen LogP contribution < -0.4 is 0 Å². The van der Waals surface area contributed by atoms with Gasteiger partial charge in [0.2, 0.25) is 0 Å². The number of hydrogen-bond donors (Lipinski definition) is 0. The van der Waals surface area contributed by atoms with Crippen LogP contribution >= 0.6 is 0 Å². The van der Waals surface area contributed by atoms with Crippen molar-refractivity contribution in [3.63, 3.8) is 0 Å². The molecule has 0 aromatic heterocycles. The lowest BCUT2D eigenvalue weighted by Crippen LogP contribution is -2.30. The molecule has 67 heavy (non-hydrogen) atoms. The summed E-state index contributed by atoms with van der Waals surface area (Å²) in [5.74, 6) is -0.866. The van der Waals surface area contributed by atoms with E-state index >= 15 is 0 Å². The van der Waals surface area contributed by atoms with Crippen molar-refractivity contribution in [3.05, 3.63) is 24.3 Å². The summed E-state index contributed by atoms with van der Waals surface area (Å²) in [4.78, 5) is 38.1. The second-order valence-corrected chi connectivity index (χ2v) is 20.3. The SMILES string of the molecule is CCCC/C=C\CCCCCCCC(=O)OC[C@H](COC(=O)CCCCCCCCCCCCCCCCCCCCCCC)OC(=O)CCCCCCCCC/C=C\CCCCCCCC. The Kier molecular flexibility index (Phi) is 54.7. The number of carbonyl (C=O) groups is 3. The molecule has 394 valence electrons. The van der Waals surface area contributed by atoms with Crippen molar-refractivity contribution in [1.29, 1.82) is 0 Å². The van der Waals surface area contributed by atoms with Crippen molar-refractivity contribution < 1.29 is 28.6 Å². The molecule has 0 unspecified atom stereocenters. The average Bonchev–Trinajstić information content (AvgIpc) is 3.33. The summed E-state index contributed by atoms with van der Waals surface area (Å²) in [7, 11) is 0. The molecular weight excluding hydrogens is 829 g/mol. The van der Waals surface area contributed by atoms with Crippen LogP contribution in [0.1, 0.15) is 329 Å². The molecule has 0 aromatic rings. The van der Waals surface area contributed by atoms with Gasteiger partial charge in [0, 0.05) is 19.3 Å². The van der Waals surface area contributed by atoms with Gasteiger partial charge in [-0.1, -0.05) is 270 Å². The molecule has 0 aliphatic carbocycles. The first-order chi connectivity index (χ1) is 33.0. The quantitative estimate of drug-likeness (QED) is 0.0262. The Morgan fingerprint density at radius 2 is 0.507 bits per heavy atom. The molecule has 0 radical (unpaired) electrons. The summed E-state index contributed by atoms with van der Waals surface area (Å²) in [6, 6.07) is 0. The van der Waals surface area contributed by atoms with E-state index in [1.165, 1.54) is 225 Å². The average molecular weight is 944 g/mol. The lowest BCUT2D eigenvalue weighted by molar-refractivity contribution is -0.167. The molecule has 0 bridgehead atoms. The number of ether oxygens (including phenoxy) is 3. The highest BCUT2D eigenvalue weighted by Gasteiger charge is 2.19. The molecule has 0 saturated carbocycles. The Morgan fingerprint density at radius 1 is 0.284 bits per heavy atom. The molecule has 0 saturated heterocycles. The third kappa shape index (κ3) is 54.7. The highest BCUT2D eigenvalue weighted by molar-refractivity contribution is 5.71.